The fourth-order valence-electron chi connectivity index (χ4n) is 3.81. The average Bonchev–Trinajstić information content (AvgIpc) is 3.00. The SMILES string of the molecule is Cc1ccc(C2=C(N3CCOCC3)C(=O)N(c3cccc(C(F)(F)F)c3)C2=O)cc1C. The van der Waals surface area contributed by atoms with Gasteiger partial charge in [0, 0.05) is 13.1 Å². The molecule has 0 atom stereocenters. The lowest BCUT2D eigenvalue weighted by Gasteiger charge is -2.29. The number of halogens is 3. The number of ether oxygens (including phenoxy) is 1. The first-order valence-electron chi connectivity index (χ1n) is 9.89. The molecule has 0 aromatic heterocycles. The predicted molar refractivity (Wildman–Crippen MR) is 109 cm³/mol. The molecule has 0 aliphatic carbocycles. The van der Waals surface area contributed by atoms with Crippen LogP contribution in [0.2, 0.25) is 0 Å². The number of amides is 2. The number of alkyl halides is 3. The number of hydrogen-bond acceptors (Lipinski definition) is 4. The van der Waals surface area contributed by atoms with Crippen LogP contribution in [0.1, 0.15) is 22.3 Å². The van der Waals surface area contributed by atoms with Crippen molar-refractivity contribution in [3.05, 3.63) is 70.4 Å². The van der Waals surface area contributed by atoms with Crippen molar-refractivity contribution >= 4 is 23.1 Å². The van der Waals surface area contributed by atoms with Crippen molar-refractivity contribution in [1.82, 2.24) is 4.90 Å². The summed E-state index contributed by atoms with van der Waals surface area (Å²) >= 11 is 0. The number of aryl methyl sites for hydroxylation is 2. The highest BCUT2D eigenvalue weighted by Gasteiger charge is 2.43. The Hall–Kier alpha value is -3.13. The van der Waals surface area contributed by atoms with Crippen LogP contribution >= 0.6 is 0 Å². The number of rotatable bonds is 3. The van der Waals surface area contributed by atoms with Crippen LogP contribution < -0.4 is 4.90 Å². The van der Waals surface area contributed by atoms with Crippen LogP contribution in [-0.2, 0) is 20.5 Å². The number of carbonyl (C=O) groups is 2. The molecule has 2 aromatic carbocycles. The summed E-state index contributed by atoms with van der Waals surface area (Å²) in [5, 5.41) is 0. The third-order valence-corrected chi connectivity index (χ3v) is 5.61. The minimum absolute atomic E-state index is 0.102. The monoisotopic (exact) mass is 430 g/mol. The maximum atomic E-state index is 13.4. The highest BCUT2D eigenvalue weighted by atomic mass is 19.4. The molecule has 2 aliphatic rings. The minimum Gasteiger partial charge on any atom is -0.378 e. The first kappa shape index (κ1) is 21.1. The summed E-state index contributed by atoms with van der Waals surface area (Å²) in [4.78, 5) is 29.4. The Kier molecular flexibility index (Phi) is 5.35. The number of morpholine rings is 1. The molecule has 0 unspecified atom stereocenters. The van der Waals surface area contributed by atoms with Gasteiger partial charge in [0.25, 0.3) is 11.8 Å². The predicted octanol–water partition coefficient (Wildman–Crippen LogP) is 3.94. The van der Waals surface area contributed by atoms with Gasteiger partial charge in [0.05, 0.1) is 30.0 Å². The molecule has 5 nitrogen and oxygen atoms in total. The largest absolute Gasteiger partial charge is 0.416 e. The second-order valence-electron chi connectivity index (χ2n) is 7.62. The van der Waals surface area contributed by atoms with Gasteiger partial charge in [-0.2, -0.15) is 13.2 Å². The first-order chi connectivity index (χ1) is 14.7. The summed E-state index contributed by atoms with van der Waals surface area (Å²) in [6.45, 7) is 5.47. The van der Waals surface area contributed by atoms with E-state index in [1.807, 2.05) is 26.0 Å². The molecule has 4 rings (SSSR count). The third kappa shape index (κ3) is 3.83. The van der Waals surface area contributed by atoms with Crippen molar-refractivity contribution < 1.29 is 27.5 Å². The number of hydrogen-bond donors (Lipinski definition) is 0. The molecule has 2 aromatic rings. The molecule has 2 heterocycles. The van der Waals surface area contributed by atoms with Crippen LogP contribution in [0.25, 0.3) is 5.57 Å². The molecule has 1 fully saturated rings. The third-order valence-electron chi connectivity index (χ3n) is 5.61. The molecular formula is C23H21F3N2O3. The van der Waals surface area contributed by atoms with Gasteiger partial charge in [-0.25, -0.2) is 4.90 Å². The maximum Gasteiger partial charge on any atom is 0.416 e. The van der Waals surface area contributed by atoms with Crippen molar-refractivity contribution in [2.24, 2.45) is 0 Å². The smallest absolute Gasteiger partial charge is 0.378 e. The number of imide groups is 1. The van der Waals surface area contributed by atoms with Crippen LogP contribution in [0.5, 0.6) is 0 Å². The first-order valence-corrected chi connectivity index (χ1v) is 9.89. The zero-order valence-corrected chi connectivity index (χ0v) is 17.1. The van der Waals surface area contributed by atoms with Gasteiger partial charge >= 0.3 is 6.18 Å². The van der Waals surface area contributed by atoms with Crippen molar-refractivity contribution in [2.45, 2.75) is 20.0 Å². The van der Waals surface area contributed by atoms with E-state index >= 15 is 0 Å². The zero-order chi connectivity index (χ0) is 22.3. The van der Waals surface area contributed by atoms with E-state index in [9.17, 15) is 22.8 Å². The molecule has 31 heavy (non-hydrogen) atoms. The van der Waals surface area contributed by atoms with E-state index in [0.29, 0.717) is 31.9 Å². The minimum atomic E-state index is -4.58. The Morgan fingerprint density at radius 3 is 2.26 bits per heavy atom. The fourth-order valence-corrected chi connectivity index (χ4v) is 3.81. The second kappa shape index (κ2) is 7.85. The maximum absolute atomic E-state index is 13.4. The van der Waals surface area contributed by atoms with Crippen LogP contribution in [0.3, 0.4) is 0 Å². The average molecular weight is 430 g/mol. The number of benzene rings is 2. The number of carbonyl (C=O) groups excluding carboxylic acids is 2. The molecule has 2 amide bonds. The van der Waals surface area contributed by atoms with Crippen molar-refractivity contribution in [2.75, 3.05) is 31.2 Å². The van der Waals surface area contributed by atoms with E-state index in [1.54, 1.807) is 11.0 Å². The van der Waals surface area contributed by atoms with Crippen molar-refractivity contribution in [3.8, 4) is 0 Å². The molecule has 0 saturated carbocycles. The van der Waals surface area contributed by atoms with Gasteiger partial charge in [-0.05, 0) is 48.7 Å². The van der Waals surface area contributed by atoms with E-state index in [4.69, 9.17) is 4.74 Å². The second-order valence-corrected chi connectivity index (χ2v) is 7.62. The van der Waals surface area contributed by atoms with Crippen LogP contribution in [0.4, 0.5) is 18.9 Å². The summed E-state index contributed by atoms with van der Waals surface area (Å²) in [7, 11) is 0. The van der Waals surface area contributed by atoms with Gasteiger partial charge in [-0.1, -0.05) is 24.3 Å². The Balaban J connectivity index is 1.83. The normalized spacial score (nSPS) is 17.7. The molecule has 2 aliphatic heterocycles. The molecule has 1 saturated heterocycles. The van der Waals surface area contributed by atoms with Gasteiger partial charge in [0.15, 0.2) is 0 Å². The summed E-state index contributed by atoms with van der Waals surface area (Å²) in [5.74, 6) is -1.26. The van der Waals surface area contributed by atoms with Crippen LogP contribution in [0.15, 0.2) is 48.2 Å². The van der Waals surface area contributed by atoms with Crippen molar-refractivity contribution in [1.29, 1.82) is 0 Å². The molecule has 8 heteroatoms. The summed E-state index contributed by atoms with van der Waals surface area (Å²) in [6, 6.07) is 9.72. The quantitative estimate of drug-likeness (QED) is 0.693. The lowest BCUT2D eigenvalue weighted by molar-refractivity contribution is -0.137. The highest BCUT2D eigenvalue weighted by Crippen LogP contribution is 2.38. The summed E-state index contributed by atoms with van der Waals surface area (Å²) in [6.07, 6.45) is -4.58. The molecule has 0 spiro atoms. The number of nitrogens with zero attached hydrogens (tertiary/aromatic N) is 2. The van der Waals surface area contributed by atoms with Gasteiger partial charge in [0.1, 0.15) is 5.70 Å². The molecular weight excluding hydrogens is 409 g/mol. The van der Waals surface area contributed by atoms with Gasteiger partial charge in [0.2, 0.25) is 0 Å². The van der Waals surface area contributed by atoms with Gasteiger partial charge in [-0.15, -0.1) is 0 Å². The molecule has 0 N–H and O–H groups in total. The van der Waals surface area contributed by atoms with E-state index in [0.717, 1.165) is 28.2 Å². The number of anilines is 1. The molecule has 162 valence electrons. The Bertz CT molecular complexity index is 1090. The Labute approximate surface area is 177 Å². The highest BCUT2D eigenvalue weighted by molar-refractivity contribution is 6.45. The fraction of sp³-hybridized carbons (Fsp3) is 0.304. The summed E-state index contributed by atoms with van der Waals surface area (Å²) < 4.78 is 45.0. The summed E-state index contributed by atoms with van der Waals surface area (Å²) in [5.41, 5.74) is 1.93. The Morgan fingerprint density at radius 2 is 1.61 bits per heavy atom. The zero-order valence-electron chi connectivity index (χ0n) is 17.1. The lowest BCUT2D eigenvalue weighted by atomic mass is 9.99. The van der Waals surface area contributed by atoms with Crippen LogP contribution in [0, 0.1) is 13.8 Å². The standard InChI is InChI=1S/C23H21F3N2O3/c1-14-6-7-16(12-15(14)2)19-20(27-8-10-31-11-9-27)22(30)28(21(19)29)18-5-3-4-17(13-18)23(24,25)26/h3-7,12-13H,8-11H2,1-2H3. The van der Waals surface area contributed by atoms with Crippen LogP contribution in [-0.4, -0.2) is 43.0 Å². The van der Waals surface area contributed by atoms with E-state index in [-0.39, 0.29) is 17.0 Å². The van der Waals surface area contributed by atoms with E-state index < -0.39 is 23.6 Å². The van der Waals surface area contributed by atoms with E-state index in [1.165, 1.54) is 12.1 Å². The lowest BCUT2D eigenvalue weighted by Crippen LogP contribution is -2.40. The van der Waals surface area contributed by atoms with Gasteiger partial charge < -0.3 is 9.64 Å². The Morgan fingerprint density at radius 1 is 0.903 bits per heavy atom. The molecule has 0 radical (unpaired) electrons. The topological polar surface area (TPSA) is 49.9 Å². The van der Waals surface area contributed by atoms with Gasteiger partial charge in [-0.3, -0.25) is 9.59 Å². The molecule has 0 bridgehead atoms. The van der Waals surface area contributed by atoms with Crippen molar-refractivity contribution in [3.63, 3.8) is 0 Å². The van der Waals surface area contributed by atoms with E-state index in [2.05, 4.69) is 0 Å².